The Labute approximate surface area is 118 Å². The topological polar surface area (TPSA) is 46.6 Å². The largest absolute Gasteiger partial charge is 0.375 e. The van der Waals surface area contributed by atoms with Crippen molar-refractivity contribution in [3.05, 3.63) is 0 Å². The molecular weight excluding hydrogens is 318 g/mol. The summed E-state index contributed by atoms with van der Waals surface area (Å²) in [5, 5.41) is 0.697. The van der Waals surface area contributed by atoms with Crippen molar-refractivity contribution in [1.82, 2.24) is 4.31 Å². The molecule has 2 aliphatic rings. The summed E-state index contributed by atoms with van der Waals surface area (Å²) in [6.07, 6.45) is 5.79. The highest BCUT2D eigenvalue weighted by molar-refractivity contribution is 9.09. The summed E-state index contributed by atoms with van der Waals surface area (Å²) < 4.78 is 31.9. The van der Waals surface area contributed by atoms with Crippen molar-refractivity contribution in [2.75, 3.05) is 30.8 Å². The minimum absolute atomic E-state index is 0.000110. The van der Waals surface area contributed by atoms with E-state index in [4.69, 9.17) is 4.74 Å². The number of rotatable bonds is 4. The Morgan fingerprint density at radius 3 is 2.61 bits per heavy atom. The van der Waals surface area contributed by atoms with Gasteiger partial charge >= 0.3 is 0 Å². The molecule has 2 fully saturated rings. The maximum atomic E-state index is 12.4. The summed E-state index contributed by atoms with van der Waals surface area (Å²) in [5.41, 5.74) is 0. The zero-order valence-electron chi connectivity index (χ0n) is 10.7. The third-order valence-corrected chi connectivity index (χ3v) is 6.57. The molecule has 106 valence electrons. The first-order chi connectivity index (χ1) is 8.62. The van der Waals surface area contributed by atoms with Crippen molar-refractivity contribution in [1.29, 1.82) is 0 Å². The van der Waals surface area contributed by atoms with Gasteiger partial charge in [0.2, 0.25) is 10.0 Å². The Bertz CT molecular complexity index is 354. The molecule has 0 bridgehead atoms. The van der Waals surface area contributed by atoms with Crippen molar-refractivity contribution in [2.45, 2.75) is 38.2 Å². The van der Waals surface area contributed by atoms with Crippen LogP contribution in [-0.2, 0) is 14.8 Å². The second-order valence-corrected chi connectivity index (χ2v) is 7.95. The molecule has 6 heteroatoms. The number of hydrogen-bond acceptors (Lipinski definition) is 3. The van der Waals surface area contributed by atoms with E-state index in [9.17, 15) is 8.42 Å². The van der Waals surface area contributed by atoms with Gasteiger partial charge in [0.05, 0.1) is 18.5 Å². The molecule has 0 radical (unpaired) electrons. The van der Waals surface area contributed by atoms with Gasteiger partial charge < -0.3 is 4.74 Å². The fraction of sp³-hybridized carbons (Fsp3) is 1.00. The molecule has 1 aliphatic heterocycles. The van der Waals surface area contributed by atoms with Crippen LogP contribution >= 0.6 is 15.9 Å². The molecule has 1 heterocycles. The van der Waals surface area contributed by atoms with E-state index in [1.807, 2.05) is 0 Å². The van der Waals surface area contributed by atoms with E-state index in [1.165, 1.54) is 19.3 Å². The molecule has 0 aromatic carbocycles. The van der Waals surface area contributed by atoms with Gasteiger partial charge in [-0.2, -0.15) is 4.31 Å². The van der Waals surface area contributed by atoms with Crippen molar-refractivity contribution < 1.29 is 13.2 Å². The summed E-state index contributed by atoms with van der Waals surface area (Å²) in [7, 11) is -3.09. The van der Waals surface area contributed by atoms with Gasteiger partial charge in [0.25, 0.3) is 0 Å². The van der Waals surface area contributed by atoms with Gasteiger partial charge in [-0.25, -0.2) is 8.42 Å². The molecule has 18 heavy (non-hydrogen) atoms. The first kappa shape index (κ1) is 14.8. The van der Waals surface area contributed by atoms with Crippen LogP contribution in [0.5, 0.6) is 0 Å². The second-order valence-electron chi connectivity index (χ2n) is 5.29. The van der Waals surface area contributed by atoms with Crippen LogP contribution in [0.2, 0.25) is 0 Å². The van der Waals surface area contributed by atoms with Crippen LogP contribution in [0.25, 0.3) is 0 Å². The molecule has 1 atom stereocenters. The summed E-state index contributed by atoms with van der Waals surface area (Å²) in [4.78, 5) is 0. The van der Waals surface area contributed by atoms with E-state index in [-0.39, 0.29) is 6.10 Å². The molecule has 1 unspecified atom stereocenters. The predicted octanol–water partition coefficient (Wildman–Crippen LogP) is 1.99. The number of sulfonamides is 1. The third kappa shape index (κ3) is 3.92. The fourth-order valence-electron chi connectivity index (χ4n) is 2.80. The zero-order valence-corrected chi connectivity index (χ0v) is 13.1. The molecule has 0 spiro atoms. The Morgan fingerprint density at radius 2 is 1.94 bits per heavy atom. The smallest absolute Gasteiger partial charge is 0.214 e. The van der Waals surface area contributed by atoms with Crippen LogP contribution in [-0.4, -0.2) is 49.6 Å². The van der Waals surface area contributed by atoms with E-state index in [1.54, 1.807) is 4.31 Å². The molecule has 1 saturated heterocycles. The Hall–Kier alpha value is 0.350. The zero-order chi connectivity index (χ0) is 13.0. The maximum Gasteiger partial charge on any atom is 0.214 e. The number of ether oxygens (including phenoxy) is 1. The van der Waals surface area contributed by atoms with Crippen LogP contribution in [0.3, 0.4) is 0 Å². The molecule has 0 aromatic heterocycles. The summed E-state index contributed by atoms with van der Waals surface area (Å²) >= 11 is 3.36. The van der Waals surface area contributed by atoms with Crippen LogP contribution in [0.15, 0.2) is 0 Å². The SMILES string of the molecule is O=S(=O)(CC1CCCCC1)N1CCOC(CBr)C1. The molecular formula is C12H22BrNO3S. The van der Waals surface area contributed by atoms with E-state index in [0.717, 1.165) is 12.8 Å². The summed E-state index contributed by atoms with van der Waals surface area (Å²) in [6.45, 7) is 1.53. The molecule has 2 rings (SSSR count). The highest BCUT2D eigenvalue weighted by atomic mass is 79.9. The fourth-order valence-corrected chi connectivity index (χ4v) is 5.07. The Balaban J connectivity index is 1.92. The van der Waals surface area contributed by atoms with Crippen molar-refractivity contribution in [2.24, 2.45) is 5.92 Å². The molecule has 1 aliphatic carbocycles. The van der Waals surface area contributed by atoms with Crippen molar-refractivity contribution >= 4 is 26.0 Å². The Kier molecular flexibility index (Phi) is 5.47. The van der Waals surface area contributed by atoms with E-state index < -0.39 is 10.0 Å². The van der Waals surface area contributed by atoms with Gasteiger partial charge in [-0.15, -0.1) is 0 Å². The quantitative estimate of drug-likeness (QED) is 0.736. The maximum absolute atomic E-state index is 12.4. The normalized spacial score (nSPS) is 28.4. The first-order valence-corrected chi connectivity index (χ1v) is 9.50. The lowest BCUT2D eigenvalue weighted by Crippen LogP contribution is -2.47. The number of hydrogen-bond donors (Lipinski definition) is 0. The van der Waals surface area contributed by atoms with E-state index in [0.29, 0.717) is 36.7 Å². The number of morpholine rings is 1. The highest BCUT2D eigenvalue weighted by Gasteiger charge is 2.31. The lowest BCUT2D eigenvalue weighted by molar-refractivity contribution is 0.0135. The monoisotopic (exact) mass is 339 g/mol. The van der Waals surface area contributed by atoms with Gasteiger partial charge in [0.1, 0.15) is 0 Å². The van der Waals surface area contributed by atoms with E-state index in [2.05, 4.69) is 15.9 Å². The summed E-state index contributed by atoms with van der Waals surface area (Å²) in [6, 6.07) is 0. The third-order valence-electron chi connectivity index (χ3n) is 3.84. The summed E-state index contributed by atoms with van der Waals surface area (Å²) in [5.74, 6) is 0.705. The van der Waals surface area contributed by atoms with Gasteiger partial charge in [0.15, 0.2) is 0 Å². The number of halogens is 1. The van der Waals surface area contributed by atoms with Crippen LogP contribution in [0.4, 0.5) is 0 Å². The second kappa shape index (κ2) is 6.68. The highest BCUT2D eigenvalue weighted by Crippen LogP contribution is 2.26. The average molecular weight is 340 g/mol. The predicted molar refractivity (Wildman–Crippen MR) is 75.5 cm³/mol. The molecule has 1 saturated carbocycles. The van der Waals surface area contributed by atoms with E-state index >= 15 is 0 Å². The standard InChI is InChI=1S/C12H22BrNO3S/c13-8-12-9-14(6-7-17-12)18(15,16)10-11-4-2-1-3-5-11/h11-12H,1-10H2. The number of nitrogens with zero attached hydrogens (tertiary/aromatic N) is 1. The number of alkyl halides is 1. The minimum atomic E-state index is -3.09. The molecule has 4 nitrogen and oxygen atoms in total. The molecule has 0 aromatic rings. The molecule has 0 amide bonds. The van der Waals surface area contributed by atoms with Gasteiger partial charge in [0, 0.05) is 18.4 Å². The average Bonchev–Trinajstić information content (AvgIpc) is 2.39. The van der Waals surface area contributed by atoms with Gasteiger partial charge in [-0.05, 0) is 18.8 Å². The van der Waals surface area contributed by atoms with Crippen LogP contribution < -0.4 is 0 Å². The van der Waals surface area contributed by atoms with Gasteiger partial charge in [-0.3, -0.25) is 0 Å². The lowest BCUT2D eigenvalue weighted by Gasteiger charge is -2.33. The van der Waals surface area contributed by atoms with Crippen molar-refractivity contribution in [3.8, 4) is 0 Å². The van der Waals surface area contributed by atoms with Crippen molar-refractivity contribution in [3.63, 3.8) is 0 Å². The molecule has 0 N–H and O–H groups in total. The minimum Gasteiger partial charge on any atom is -0.375 e. The first-order valence-electron chi connectivity index (χ1n) is 6.77. The van der Waals surface area contributed by atoms with Gasteiger partial charge in [-0.1, -0.05) is 35.2 Å². The van der Waals surface area contributed by atoms with Crippen LogP contribution in [0.1, 0.15) is 32.1 Å². The van der Waals surface area contributed by atoms with Crippen LogP contribution in [0, 0.1) is 5.92 Å². The lowest BCUT2D eigenvalue weighted by atomic mass is 9.91. The Morgan fingerprint density at radius 1 is 1.22 bits per heavy atom.